The zero-order chi connectivity index (χ0) is 21.6. The molecule has 0 aliphatic rings. The minimum atomic E-state index is -0.232. The van der Waals surface area contributed by atoms with E-state index in [9.17, 15) is 9.59 Å². The molecule has 0 bridgehead atoms. The maximum atomic E-state index is 11.5. The van der Waals surface area contributed by atoms with E-state index < -0.39 is 0 Å². The van der Waals surface area contributed by atoms with Crippen molar-refractivity contribution in [2.45, 2.75) is 113 Å². The highest BCUT2D eigenvalue weighted by molar-refractivity contribution is 5.85. The van der Waals surface area contributed by atoms with Gasteiger partial charge in [-0.15, -0.1) is 0 Å². The quantitative estimate of drug-likeness (QED) is 0.373. The van der Waals surface area contributed by atoms with Crippen molar-refractivity contribution in [3.63, 3.8) is 0 Å². The fourth-order valence-corrected chi connectivity index (χ4v) is 2.96. The fraction of sp³-hybridized carbons (Fsp3) is 0.917. The Labute approximate surface area is 170 Å². The average Bonchev–Trinajstić information content (AvgIpc) is 2.57. The van der Waals surface area contributed by atoms with Crippen molar-refractivity contribution in [2.24, 2.45) is 35.3 Å². The lowest BCUT2D eigenvalue weighted by Crippen LogP contribution is -2.33. The van der Waals surface area contributed by atoms with E-state index in [2.05, 4.69) is 27.7 Å². The summed E-state index contributed by atoms with van der Waals surface area (Å²) in [6.45, 7) is 18.7. The van der Waals surface area contributed by atoms with E-state index in [1.165, 1.54) is 25.7 Å². The lowest BCUT2D eigenvalue weighted by atomic mass is 9.91. The molecule has 0 aromatic rings. The summed E-state index contributed by atoms with van der Waals surface area (Å²) in [4.78, 5) is 22.9. The van der Waals surface area contributed by atoms with Crippen LogP contribution in [-0.4, -0.2) is 17.6 Å². The molecule has 3 nitrogen and oxygen atoms in total. The van der Waals surface area contributed by atoms with E-state index in [0.717, 1.165) is 25.2 Å². The Morgan fingerprint density at radius 3 is 1.44 bits per heavy atom. The van der Waals surface area contributed by atoms with Crippen LogP contribution in [0.5, 0.6) is 0 Å². The zero-order valence-electron chi connectivity index (χ0n) is 19.8. The molecular weight excluding hydrogens is 334 g/mol. The van der Waals surface area contributed by atoms with Crippen molar-refractivity contribution in [2.75, 3.05) is 0 Å². The molecule has 27 heavy (non-hydrogen) atoms. The molecule has 0 aliphatic heterocycles. The smallest absolute Gasteiger partial charge is 0.152 e. The molecule has 162 valence electrons. The number of carbonyl (C=O) groups is 2. The van der Waals surface area contributed by atoms with Crippen LogP contribution in [0.2, 0.25) is 0 Å². The average molecular weight is 384 g/mol. The number of carbonyl (C=O) groups excluding carboxylic acids is 2. The van der Waals surface area contributed by atoms with Gasteiger partial charge in [0.1, 0.15) is 5.78 Å². The molecular formula is C24H49NO2. The molecule has 0 heterocycles. The number of unbranched alkanes of at least 4 members (excludes halogenated alkanes) is 2. The van der Waals surface area contributed by atoms with E-state index in [0.29, 0.717) is 11.7 Å². The van der Waals surface area contributed by atoms with Gasteiger partial charge in [-0.05, 0) is 24.7 Å². The normalized spacial score (nSPS) is 13.7. The first-order chi connectivity index (χ1) is 12.4. The second-order valence-electron chi connectivity index (χ2n) is 9.62. The highest BCUT2D eigenvalue weighted by atomic mass is 16.1. The van der Waals surface area contributed by atoms with Crippen molar-refractivity contribution in [3.05, 3.63) is 0 Å². The van der Waals surface area contributed by atoms with Gasteiger partial charge in [-0.1, -0.05) is 94.4 Å². The van der Waals surface area contributed by atoms with Gasteiger partial charge in [0.15, 0.2) is 5.78 Å². The van der Waals surface area contributed by atoms with Crippen molar-refractivity contribution in [3.8, 4) is 0 Å². The minimum absolute atomic E-state index is 0.0793. The Balaban J connectivity index is 0. The Hall–Kier alpha value is -0.700. The molecule has 2 unspecified atom stereocenters. The van der Waals surface area contributed by atoms with Gasteiger partial charge in [0.2, 0.25) is 0 Å². The summed E-state index contributed by atoms with van der Waals surface area (Å²) in [7, 11) is 0. The topological polar surface area (TPSA) is 60.2 Å². The third-order valence-corrected chi connectivity index (χ3v) is 4.96. The van der Waals surface area contributed by atoms with Crippen molar-refractivity contribution < 1.29 is 9.59 Å². The second-order valence-corrected chi connectivity index (χ2v) is 9.62. The molecule has 2 N–H and O–H groups in total. The maximum absolute atomic E-state index is 11.5. The highest BCUT2D eigenvalue weighted by Crippen LogP contribution is 2.16. The van der Waals surface area contributed by atoms with Crippen LogP contribution in [0.3, 0.4) is 0 Å². The Morgan fingerprint density at radius 2 is 1.04 bits per heavy atom. The molecule has 0 saturated carbocycles. The standard InChI is InChI=1S/C13H27NO.C11H22O/c1-10(2)8-6-5-7-9-12(14)13(15)11(3)4;1-8(2)6-7-10(5)11(12)9(3)4/h10-12H,5-9,14H2,1-4H3;8-10H,6-7H2,1-5H3. The number of ketones is 2. The number of hydrogen-bond acceptors (Lipinski definition) is 3. The molecule has 0 aliphatic carbocycles. The summed E-state index contributed by atoms with van der Waals surface area (Å²) in [6, 6.07) is -0.232. The first-order valence-electron chi connectivity index (χ1n) is 11.2. The van der Waals surface area contributed by atoms with Crippen LogP contribution in [0.1, 0.15) is 107 Å². The van der Waals surface area contributed by atoms with E-state index in [-0.39, 0.29) is 29.6 Å². The molecule has 0 rings (SSSR count). The van der Waals surface area contributed by atoms with Crippen molar-refractivity contribution in [1.82, 2.24) is 0 Å². The highest BCUT2D eigenvalue weighted by Gasteiger charge is 2.16. The molecule has 3 heteroatoms. The van der Waals surface area contributed by atoms with Gasteiger partial charge in [0, 0.05) is 17.8 Å². The number of rotatable bonds is 13. The van der Waals surface area contributed by atoms with E-state index in [4.69, 9.17) is 5.73 Å². The summed E-state index contributed by atoms with van der Waals surface area (Å²) in [6.07, 6.45) is 7.92. The summed E-state index contributed by atoms with van der Waals surface area (Å²) in [5, 5.41) is 0. The Kier molecular flexibility index (Phi) is 17.2. The molecule has 0 fully saturated rings. The summed E-state index contributed by atoms with van der Waals surface area (Å²) < 4.78 is 0. The van der Waals surface area contributed by atoms with Crippen molar-refractivity contribution >= 4 is 11.6 Å². The lowest BCUT2D eigenvalue weighted by Gasteiger charge is -2.13. The van der Waals surface area contributed by atoms with Gasteiger partial charge < -0.3 is 5.73 Å². The number of hydrogen-bond donors (Lipinski definition) is 1. The molecule has 2 atom stereocenters. The van der Waals surface area contributed by atoms with Crippen LogP contribution in [-0.2, 0) is 9.59 Å². The summed E-state index contributed by atoms with van der Waals surface area (Å²) in [5.41, 5.74) is 5.81. The van der Waals surface area contributed by atoms with Crippen LogP contribution in [0.25, 0.3) is 0 Å². The fourth-order valence-electron chi connectivity index (χ4n) is 2.96. The van der Waals surface area contributed by atoms with Crippen LogP contribution in [0, 0.1) is 29.6 Å². The molecule has 0 aromatic heterocycles. The predicted molar refractivity (Wildman–Crippen MR) is 119 cm³/mol. The van der Waals surface area contributed by atoms with Gasteiger partial charge in [0.05, 0.1) is 6.04 Å². The molecule has 0 aromatic carbocycles. The number of nitrogens with two attached hydrogens (primary N) is 1. The molecule has 0 amide bonds. The molecule has 0 saturated heterocycles. The van der Waals surface area contributed by atoms with Gasteiger partial charge in [-0.2, -0.15) is 0 Å². The maximum Gasteiger partial charge on any atom is 0.152 e. The summed E-state index contributed by atoms with van der Waals surface area (Å²) >= 11 is 0. The molecule has 0 spiro atoms. The monoisotopic (exact) mass is 383 g/mol. The third kappa shape index (κ3) is 17.1. The predicted octanol–water partition coefficient (Wildman–Crippen LogP) is 6.43. The number of Topliss-reactive ketones (excluding diaryl/α,β-unsaturated/α-hetero) is 2. The van der Waals surface area contributed by atoms with Crippen LogP contribution >= 0.6 is 0 Å². The Bertz CT molecular complexity index is 386. The van der Waals surface area contributed by atoms with Gasteiger partial charge in [-0.3, -0.25) is 9.59 Å². The largest absolute Gasteiger partial charge is 0.321 e. The van der Waals surface area contributed by atoms with Gasteiger partial charge in [-0.25, -0.2) is 0 Å². The van der Waals surface area contributed by atoms with Crippen LogP contribution in [0.15, 0.2) is 0 Å². The SMILES string of the molecule is CC(C)CCC(C)C(=O)C(C)C.CC(C)CCCCCC(N)C(=O)C(C)C. The third-order valence-electron chi connectivity index (χ3n) is 4.96. The van der Waals surface area contributed by atoms with E-state index >= 15 is 0 Å². The van der Waals surface area contributed by atoms with E-state index in [1.807, 2.05) is 34.6 Å². The van der Waals surface area contributed by atoms with Crippen LogP contribution < -0.4 is 5.73 Å². The second kappa shape index (κ2) is 16.3. The first-order valence-corrected chi connectivity index (χ1v) is 11.2. The lowest BCUT2D eigenvalue weighted by molar-refractivity contribution is -0.125. The summed E-state index contributed by atoms with van der Waals surface area (Å²) in [5.74, 6) is 2.66. The minimum Gasteiger partial charge on any atom is -0.321 e. The zero-order valence-corrected chi connectivity index (χ0v) is 19.8. The first kappa shape index (κ1) is 28.5. The van der Waals surface area contributed by atoms with E-state index in [1.54, 1.807) is 0 Å². The van der Waals surface area contributed by atoms with Gasteiger partial charge >= 0.3 is 0 Å². The molecule has 0 radical (unpaired) electrons. The Morgan fingerprint density at radius 1 is 0.593 bits per heavy atom. The van der Waals surface area contributed by atoms with Gasteiger partial charge in [0.25, 0.3) is 0 Å². The van der Waals surface area contributed by atoms with Crippen LogP contribution in [0.4, 0.5) is 0 Å². The van der Waals surface area contributed by atoms with Crippen molar-refractivity contribution in [1.29, 1.82) is 0 Å².